The molecule has 0 radical (unpaired) electrons. The largest absolute Gasteiger partial charge is 0.455 e. The number of aryl methyl sites for hydroxylation is 1. The second-order valence-corrected chi connectivity index (χ2v) is 5.50. The van der Waals surface area contributed by atoms with Crippen molar-refractivity contribution in [2.24, 2.45) is 0 Å². The number of rotatable bonds is 6. The topological polar surface area (TPSA) is 55.4 Å². The molecule has 0 atom stereocenters. The molecule has 0 saturated heterocycles. The quantitative estimate of drug-likeness (QED) is 0.822. The van der Waals surface area contributed by atoms with Crippen LogP contribution in [-0.4, -0.2) is 18.5 Å². The number of benzene rings is 2. The molecule has 4 nitrogen and oxygen atoms in total. The maximum Gasteiger partial charge on any atom is 0.310 e. The maximum atomic E-state index is 11.8. The zero-order valence-electron chi connectivity index (χ0n) is 12.8. The number of hydrogen-bond acceptors (Lipinski definition) is 3. The lowest BCUT2D eigenvalue weighted by Crippen LogP contribution is -2.21. The van der Waals surface area contributed by atoms with Gasteiger partial charge in [0.1, 0.15) is 0 Å². The minimum Gasteiger partial charge on any atom is -0.455 e. The van der Waals surface area contributed by atoms with Gasteiger partial charge in [-0.05, 0) is 41.8 Å². The Kier molecular flexibility index (Phi) is 6.18. The fourth-order valence-electron chi connectivity index (χ4n) is 2.03. The van der Waals surface area contributed by atoms with E-state index in [-0.39, 0.29) is 18.9 Å². The van der Waals surface area contributed by atoms with Crippen molar-refractivity contribution in [3.05, 3.63) is 64.7 Å². The molecule has 1 N–H and O–H groups in total. The van der Waals surface area contributed by atoms with Crippen LogP contribution >= 0.6 is 11.6 Å². The van der Waals surface area contributed by atoms with Gasteiger partial charge in [-0.2, -0.15) is 0 Å². The van der Waals surface area contributed by atoms with Crippen LogP contribution in [0.25, 0.3) is 0 Å². The van der Waals surface area contributed by atoms with E-state index in [1.165, 1.54) is 0 Å². The minimum absolute atomic E-state index is 0.107. The van der Waals surface area contributed by atoms with E-state index < -0.39 is 5.97 Å². The molecular formula is C18H18ClNO3. The number of nitrogens with one attached hydrogen (secondary N) is 1. The lowest BCUT2D eigenvalue weighted by molar-refractivity contribution is -0.146. The number of halogens is 1. The summed E-state index contributed by atoms with van der Waals surface area (Å²) in [6.45, 7) is 1.74. The van der Waals surface area contributed by atoms with E-state index in [2.05, 4.69) is 5.32 Å². The van der Waals surface area contributed by atoms with Crippen molar-refractivity contribution >= 4 is 29.2 Å². The van der Waals surface area contributed by atoms with E-state index in [1.54, 1.807) is 30.3 Å². The highest BCUT2D eigenvalue weighted by Crippen LogP contribution is 2.12. The van der Waals surface area contributed by atoms with Gasteiger partial charge < -0.3 is 10.1 Å². The Morgan fingerprint density at radius 2 is 1.83 bits per heavy atom. The van der Waals surface area contributed by atoms with E-state index in [1.807, 2.05) is 25.1 Å². The molecule has 0 aliphatic carbocycles. The molecule has 0 aliphatic rings. The maximum absolute atomic E-state index is 11.8. The van der Waals surface area contributed by atoms with Crippen LogP contribution in [0.5, 0.6) is 0 Å². The van der Waals surface area contributed by atoms with Crippen LogP contribution in [0.3, 0.4) is 0 Å². The summed E-state index contributed by atoms with van der Waals surface area (Å²) in [5, 5.41) is 3.32. The summed E-state index contributed by atoms with van der Waals surface area (Å²) in [6, 6.07) is 14.5. The lowest BCUT2D eigenvalue weighted by Gasteiger charge is -2.08. The molecule has 0 saturated carbocycles. The SMILES string of the molecule is CCc1cccc(NC(=O)COC(=O)Cc2ccc(Cl)cc2)c1. The third-order valence-corrected chi connectivity index (χ3v) is 3.50. The zero-order chi connectivity index (χ0) is 16.7. The van der Waals surface area contributed by atoms with Crippen LogP contribution in [0.2, 0.25) is 5.02 Å². The molecule has 0 spiro atoms. The van der Waals surface area contributed by atoms with Gasteiger partial charge in [0, 0.05) is 10.7 Å². The minimum atomic E-state index is -0.454. The molecule has 5 heteroatoms. The zero-order valence-corrected chi connectivity index (χ0v) is 13.6. The van der Waals surface area contributed by atoms with Gasteiger partial charge in [0.15, 0.2) is 6.61 Å². The first-order chi connectivity index (χ1) is 11.1. The predicted molar refractivity (Wildman–Crippen MR) is 90.6 cm³/mol. The van der Waals surface area contributed by atoms with Crippen molar-refractivity contribution in [3.8, 4) is 0 Å². The number of esters is 1. The van der Waals surface area contributed by atoms with Crippen molar-refractivity contribution in [1.82, 2.24) is 0 Å². The van der Waals surface area contributed by atoms with Gasteiger partial charge in [-0.25, -0.2) is 0 Å². The van der Waals surface area contributed by atoms with Crippen LogP contribution in [0, 0.1) is 0 Å². The summed E-state index contributed by atoms with van der Waals surface area (Å²) in [5.41, 5.74) is 2.61. The molecule has 1 amide bonds. The van der Waals surface area contributed by atoms with Crippen LogP contribution in [0.4, 0.5) is 5.69 Å². The predicted octanol–water partition coefficient (Wildman–Crippen LogP) is 3.63. The molecule has 0 fully saturated rings. The smallest absolute Gasteiger partial charge is 0.310 e. The Hall–Kier alpha value is -2.33. The number of ether oxygens (including phenoxy) is 1. The third kappa shape index (κ3) is 5.75. The highest BCUT2D eigenvalue weighted by Gasteiger charge is 2.09. The summed E-state index contributed by atoms with van der Waals surface area (Å²) in [5.74, 6) is -0.813. The van der Waals surface area contributed by atoms with Gasteiger partial charge in [-0.1, -0.05) is 42.8 Å². The summed E-state index contributed by atoms with van der Waals surface area (Å²) in [6.07, 6.45) is 0.996. The molecule has 2 aromatic carbocycles. The Morgan fingerprint density at radius 1 is 1.09 bits per heavy atom. The molecule has 0 unspecified atom stereocenters. The van der Waals surface area contributed by atoms with Crippen molar-refractivity contribution in [2.75, 3.05) is 11.9 Å². The first-order valence-corrected chi connectivity index (χ1v) is 7.73. The van der Waals surface area contributed by atoms with Crippen molar-refractivity contribution < 1.29 is 14.3 Å². The second-order valence-electron chi connectivity index (χ2n) is 5.07. The van der Waals surface area contributed by atoms with Crippen LogP contribution < -0.4 is 5.32 Å². The normalized spacial score (nSPS) is 10.2. The second kappa shape index (κ2) is 8.34. The van der Waals surface area contributed by atoms with Crippen LogP contribution in [0.15, 0.2) is 48.5 Å². The summed E-state index contributed by atoms with van der Waals surface area (Å²) < 4.78 is 4.98. The molecule has 23 heavy (non-hydrogen) atoms. The average Bonchev–Trinajstić information content (AvgIpc) is 2.55. The van der Waals surface area contributed by atoms with Crippen molar-refractivity contribution in [2.45, 2.75) is 19.8 Å². The molecule has 0 aromatic heterocycles. The number of carbonyl (C=O) groups is 2. The van der Waals surface area contributed by atoms with Gasteiger partial charge in [-0.3, -0.25) is 9.59 Å². The van der Waals surface area contributed by atoms with E-state index in [0.29, 0.717) is 10.7 Å². The molecule has 0 aliphatic heterocycles. The Labute approximate surface area is 140 Å². The molecular weight excluding hydrogens is 314 g/mol. The van der Waals surface area contributed by atoms with E-state index >= 15 is 0 Å². The van der Waals surface area contributed by atoms with E-state index in [4.69, 9.17) is 16.3 Å². The number of anilines is 1. The average molecular weight is 332 g/mol. The molecule has 0 bridgehead atoms. The number of amides is 1. The summed E-state index contributed by atoms with van der Waals surface area (Å²) in [7, 11) is 0. The Bertz CT molecular complexity index is 683. The third-order valence-electron chi connectivity index (χ3n) is 3.24. The van der Waals surface area contributed by atoms with Gasteiger partial charge in [0.25, 0.3) is 5.91 Å². The summed E-state index contributed by atoms with van der Waals surface area (Å²) >= 11 is 5.78. The molecule has 0 heterocycles. The van der Waals surface area contributed by atoms with Crippen LogP contribution in [-0.2, 0) is 27.2 Å². The molecule has 2 rings (SSSR count). The fourth-order valence-corrected chi connectivity index (χ4v) is 2.16. The van der Waals surface area contributed by atoms with Gasteiger partial charge in [0.05, 0.1) is 6.42 Å². The Balaban J connectivity index is 1.79. The van der Waals surface area contributed by atoms with Gasteiger partial charge >= 0.3 is 5.97 Å². The summed E-state index contributed by atoms with van der Waals surface area (Å²) in [4.78, 5) is 23.5. The van der Waals surface area contributed by atoms with E-state index in [9.17, 15) is 9.59 Å². The number of carbonyl (C=O) groups excluding carboxylic acids is 2. The first kappa shape index (κ1) is 17.0. The highest BCUT2D eigenvalue weighted by molar-refractivity contribution is 6.30. The highest BCUT2D eigenvalue weighted by atomic mass is 35.5. The number of hydrogen-bond donors (Lipinski definition) is 1. The van der Waals surface area contributed by atoms with Gasteiger partial charge in [0.2, 0.25) is 0 Å². The Morgan fingerprint density at radius 3 is 2.52 bits per heavy atom. The monoisotopic (exact) mass is 331 g/mol. The molecule has 2 aromatic rings. The fraction of sp³-hybridized carbons (Fsp3) is 0.222. The standard InChI is InChI=1S/C18H18ClNO3/c1-2-13-4-3-5-16(10-13)20-17(21)12-23-18(22)11-14-6-8-15(19)9-7-14/h3-10H,2,11-12H2,1H3,(H,20,21). The first-order valence-electron chi connectivity index (χ1n) is 7.35. The van der Waals surface area contributed by atoms with Crippen molar-refractivity contribution in [3.63, 3.8) is 0 Å². The molecule has 120 valence electrons. The van der Waals surface area contributed by atoms with Gasteiger partial charge in [-0.15, -0.1) is 0 Å². The van der Waals surface area contributed by atoms with Crippen LogP contribution in [0.1, 0.15) is 18.1 Å². The lowest BCUT2D eigenvalue weighted by atomic mass is 10.1. The van der Waals surface area contributed by atoms with E-state index in [0.717, 1.165) is 17.5 Å². The van der Waals surface area contributed by atoms with Crippen molar-refractivity contribution in [1.29, 1.82) is 0 Å².